The van der Waals surface area contributed by atoms with Crippen molar-refractivity contribution in [1.29, 1.82) is 0 Å². The Hall–Kier alpha value is -3.02. The molecule has 0 saturated heterocycles. The maximum absolute atomic E-state index is 11.0. The van der Waals surface area contributed by atoms with E-state index in [0.29, 0.717) is 16.7 Å². The van der Waals surface area contributed by atoms with Crippen molar-refractivity contribution in [3.8, 4) is 0 Å². The standard InChI is InChI=1S/C15H12N2O4/c1-11(13-7-3-5-9-15(13)17(20)21)10-12-6-2-4-8-14(12)16(18)19/h2-10H,1H3/b11-10+. The number of nitrogens with zero attached hydrogens (tertiary/aromatic N) is 2. The van der Waals surface area contributed by atoms with Crippen molar-refractivity contribution in [2.45, 2.75) is 6.92 Å². The molecule has 0 aliphatic rings. The molecule has 2 aromatic rings. The smallest absolute Gasteiger partial charge is 0.258 e. The second-order valence-corrected chi connectivity index (χ2v) is 4.42. The molecule has 0 saturated carbocycles. The molecule has 6 heteroatoms. The van der Waals surface area contributed by atoms with Crippen LogP contribution in [0.1, 0.15) is 18.1 Å². The zero-order valence-corrected chi connectivity index (χ0v) is 11.2. The summed E-state index contributed by atoms with van der Waals surface area (Å²) in [5, 5.41) is 22.0. The van der Waals surface area contributed by atoms with Crippen LogP contribution in [0, 0.1) is 20.2 Å². The van der Waals surface area contributed by atoms with Crippen LogP contribution in [0.5, 0.6) is 0 Å². The molecule has 0 amide bonds. The average molecular weight is 284 g/mol. The van der Waals surface area contributed by atoms with Gasteiger partial charge in [-0.25, -0.2) is 0 Å². The van der Waals surface area contributed by atoms with E-state index < -0.39 is 9.85 Å². The molecular formula is C15H12N2O4. The second-order valence-electron chi connectivity index (χ2n) is 4.42. The van der Waals surface area contributed by atoms with Gasteiger partial charge in [0.05, 0.1) is 21.0 Å². The molecule has 0 aliphatic carbocycles. The molecule has 2 rings (SSSR count). The minimum Gasteiger partial charge on any atom is -0.258 e. The first kappa shape index (κ1) is 14.4. The largest absolute Gasteiger partial charge is 0.276 e. The average Bonchev–Trinajstić information content (AvgIpc) is 2.47. The summed E-state index contributed by atoms with van der Waals surface area (Å²) in [5.74, 6) is 0. The minimum atomic E-state index is -0.474. The van der Waals surface area contributed by atoms with Gasteiger partial charge in [0.2, 0.25) is 0 Å². The molecule has 2 aromatic carbocycles. The first-order chi connectivity index (χ1) is 10.0. The zero-order valence-electron chi connectivity index (χ0n) is 11.2. The highest BCUT2D eigenvalue weighted by Gasteiger charge is 2.15. The quantitative estimate of drug-likeness (QED) is 0.481. The Kier molecular flexibility index (Phi) is 4.08. The van der Waals surface area contributed by atoms with Gasteiger partial charge in [0.25, 0.3) is 11.4 Å². The Balaban J connectivity index is 2.53. The van der Waals surface area contributed by atoms with Gasteiger partial charge < -0.3 is 0 Å². The zero-order chi connectivity index (χ0) is 15.4. The van der Waals surface area contributed by atoms with E-state index in [1.807, 2.05) is 0 Å². The SMILES string of the molecule is C/C(=C\c1ccccc1[N+](=O)[O-])c1ccccc1[N+](=O)[O-]. The Labute approximate surface area is 120 Å². The lowest BCUT2D eigenvalue weighted by molar-refractivity contribution is -0.385. The van der Waals surface area contributed by atoms with E-state index in [9.17, 15) is 20.2 Å². The first-order valence-corrected chi connectivity index (χ1v) is 6.16. The third-order valence-corrected chi connectivity index (χ3v) is 3.03. The highest BCUT2D eigenvalue weighted by atomic mass is 16.6. The van der Waals surface area contributed by atoms with E-state index in [4.69, 9.17) is 0 Å². The van der Waals surface area contributed by atoms with E-state index in [1.54, 1.807) is 49.4 Å². The molecule has 0 aromatic heterocycles. The van der Waals surface area contributed by atoms with Crippen LogP contribution < -0.4 is 0 Å². The van der Waals surface area contributed by atoms with Crippen LogP contribution in [0.4, 0.5) is 11.4 Å². The molecule has 0 N–H and O–H groups in total. The lowest BCUT2D eigenvalue weighted by Crippen LogP contribution is -1.94. The lowest BCUT2D eigenvalue weighted by atomic mass is 10.0. The summed E-state index contributed by atoms with van der Waals surface area (Å²) >= 11 is 0. The van der Waals surface area contributed by atoms with Crippen LogP contribution in [0.3, 0.4) is 0 Å². The lowest BCUT2D eigenvalue weighted by Gasteiger charge is -2.04. The van der Waals surface area contributed by atoms with E-state index >= 15 is 0 Å². The summed E-state index contributed by atoms with van der Waals surface area (Å²) in [7, 11) is 0. The molecule has 0 heterocycles. The fourth-order valence-corrected chi connectivity index (χ4v) is 2.05. The minimum absolute atomic E-state index is 0.0233. The van der Waals surface area contributed by atoms with Crippen molar-refractivity contribution in [1.82, 2.24) is 0 Å². The third kappa shape index (κ3) is 3.11. The van der Waals surface area contributed by atoms with Crippen LogP contribution in [-0.2, 0) is 0 Å². The molecule has 106 valence electrons. The Bertz CT molecular complexity index is 738. The van der Waals surface area contributed by atoms with Gasteiger partial charge in [0.1, 0.15) is 0 Å². The molecule has 21 heavy (non-hydrogen) atoms. The molecule has 0 bridgehead atoms. The van der Waals surface area contributed by atoms with Crippen molar-refractivity contribution in [3.63, 3.8) is 0 Å². The molecule has 0 radical (unpaired) electrons. The number of hydrogen-bond donors (Lipinski definition) is 0. The Morgan fingerprint density at radius 3 is 2.05 bits per heavy atom. The van der Waals surface area contributed by atoms with Gasteiger partial charge in [-0.05, 0) is 30.7 Å². The van der Waals surface area contributed by atoms with Crippen molar-refractivity contribution in [3.05, 3.63) is 79.9 Å². The molecular weight excluding hydrogens is 272 g/mol. The number of nitro groups is 2. The highest BCUT2D eigenvalue weighted by molar-refractivity contribution is 5.85. The topological polar surface area (TPSA) is 86.3 Å². The van der Waals surface area contributed by atoms with Gasteiger partial charge in [0.15, 0.2) is 0 Å². The summed E-state index contributed by atoms with van der Waals surface area (Å²) in [4.78, 5) is 21.1. The van der Waals surface area contributed by atoms with Crippen LogP contribution in [0.25, 0.3) is 11.6 Å². The van der Waals surface area contributed by atoms with Gasteiger partial charge in [-0.15, -0.1) is 0 Å². The van der Waals surface area contributed by atoms with Crippen molar-refractivity contribution in [2.24, 2.45) is 0 Å². The predicted octanol–water partition coefficient (Wildman–Crippen LogP) is 4.06. The molecule has 0 spiro atoms. The van der Waals surface area contributed by atoms with Gasteiger partial charge >= 0.3 is 0 Å². The van der Waals surface area contributed by atoms with Crippen LogP contribution in [0.2, 0.25) is 0 Å². The molecule has 0 aliphatic heterocycles. The van der Waals surface area contributed by atoms with Crippen LogP contribution in [-0.4, -0.2) is 9.85 Å². The monoisotopic (exact) mass is 284 g/mol. The molecule has 0 unspecified atom stereocenters. The Morgan fingerprint density at radius 1 is 0.905 bits per heavy atom. The van der Waals surface area contributed by atoms with Gasteiger partial charge in [-0.1, -0.05) is 24.3 Å². The van der Waals surface area contributed by atoms with E-state index in [1.165, 1.54) is 12.1 Å². The number of rotatable bonds is 4. The van der Waals surface area contributed by atoms with Crippen molar-refractivity contribution < 1.29 is 9.85 Å². The maximum atomic E-state index is 11.0. The first-order valence-electron chi connectivity index (χ1n) is 6.16. The molecule has 6 nitrogen and oxygen atoms in total. The number of nitro benzene ring substituents is 2. The molecule has 0 fully saturated rings. The predicted molar refractivity (Wildman–Crippen MR) is 79.7 cm³/mol. The van der Waals surface area contributed by atoms with E-state index in [0.717, 1.165) is 0 Å². The summed E-state index contributed by atoms with van der Waals surface area (Å²) in [5.41, 5.74) is 1.40. The number of benzene rings is 2. The normalized spacial score (nSPS) is 11.2. The Morgan fingerprint density at radius 2 is 1.43 bits per heavy atom. The van der Waals surface area contributed by atoms with E-state index in [2.05, 4.69) is 0 Å². The number of allylic oxidation sites excluding steroid dienone is 1. The number of hydrogen-bond acceptors (Lipinski definition) is 4. The third-order valence-electron chi connectivity index (χ3n) is 3.03. The summed E-state index contributed by atoms with van der Waals surface area (Å²) in [6.07, 6.45) is 1.58. The van der Waals surface area contributed by atoms with Crippen LogP contribution in [0.15, 0.2) is 48.5 Å². The molecule has 0 atom stereocenters. The number of para-hydroxylation sites is 2. The van der Waals surface area contributed by atoms with E-state index in [-0.39, 0.29) is 11.4 Å². The fourth-order valence-electron chi connectivity index (χ4n) is 2.05. The van der Waals surface area contributed by atoms with Crippen LogP contribution >= 0.6 is 0 Å². The van der Waals surface area contributed by atoms with Gasteiger partial charge in [0, 0.05) is 12.1 Å². The van der Waals surface area contributed by atoms with Gasteiger partial charge in [-0.2, -0.15) is 0 Å². The summed E-state index contributed by atoms with van der Waals surface area (Å²) < 4.78 is 0. The van der Waals surface area contributed by atoms with Crippen molar-refractivity contribution >= 4 is 23.0 Å². The fraction of sp³-hybridized carbons (Fsp3) is 0.0667. The highest BCUT2D eigenvalue weighted by Crippen LogP contribution is 2.29. The maximum Gasteiger partial charge on any atom is 0.276 e. The van der Waals surface area contributed by atoms with Crippen molar-refractivity contribution in [2.75, 3.05) is 0 Å². The summed E-state index contributed by atoms with van der Waals surface area (Å²) in [6.45, 7) is 1.69. The summed E-state index contributed by atoms with van der Waals surface area (Å²) in [6, 6.07) is 12.6. The second kappa shape index (κ2) is 5.96. The van der Waals surface area contributed by atoms with Gasteiger partial charge in [-0.3, -0.25) is 20.2 Å².